The van der Waals surface area contributed by atoms with Crippen LogP contribution in [0, 0.1) is 11.7 Å². The van der Waals surface area contributed by atoms with Crippen LogP contribution in [0.15, 0.2) is 66.9 Å². The molecule has 1 aromatic heterocycles. The van der Waals surface area contributed by atoms with E-state index in [1.165, 1.54) is 16.8 Å². The topological polar surface area (TPSA) is 59.0 Å². The third-order valence-corrected chi connectivity index (χ3v) is 4.31. The number of benzene rings is 2. The molecule has 0 fully saturated rings. The Kier molecular flexibility index (Phi) is 5.86. The summed E-state index contributed by atoms with van der Waals surface area (Å²) in [6.07, 6.45) is 1.64. The van der Waals surface area contributed by atoms with E-state index in [0.717, 1.165) is 5.69 Å². The minimum atomic E-state index is -0.347. The second kappa shape index (κ2) is 8.49. The Morgan fingerprint density at radius 1 is 1.11 bits per heavy atom. The first-order chi connectivity index (χ1) is 13.0. The molecule has 1 unspecified atom stereocenters. The molecular weight excluding hydrogens is 343 g/mol. The normalized spacial score (nSPS) is 12.0. The number of rotatable bonds is 7. The average molecular weight is 366 g/mol. The van der Waals surface area contributed by atoms with Gasteiger partial charge in [-0.2, -0.15) is 5.10 Å². The third-order valence-electron chi connectivity index (χ3n) is 4.31. The molecule has 1 heterocycles. The first-order valence-electron chi connectivity index (χ1n) is 8.94. The lowest BCUT2D eigenvalue weighted by Gasteiger charge is -2.23. The van der Waals surface area contributed by atoms with Gasteiger partial charge < -0.3 is 10.6 Å². The van der Waals surface area contributed by atoms with Gasteiger partial charge in [0.25, 0.3) is 5.91 Å². The zero-order valence-corrected chi connectivity index (χ0v) is 15.4. The van der Waals surface area contributed by atoms with Gasteiger partial charge in [0, 0.05) is 24.5 Å². The Bertz CT molecular complexity index is 892. The fourth-order valence-electron chi connectivity index (χ4n) is 2.70. The molecule has 0 aliphatic carbocycles. The van der Waals surface area contributed by atoms with Crippen LogP contribution < -0.4 is 10.6 Å². The van der Waals surface area contributed by atoms with Gasteiger partial charge in [0.2, 0.25) is 0 Å². The summed E-state index contributed by atoms with van der Waals surface area (Å²) in [4.78, 5) is 12.4. The van der Waals surface area contributed by atoms with E-state index in [-0.39, 0.29) is 17.8 Å². The fraction of sp³-hybridized carbons (Fsp3) is 0.238. The summed E-state index contributed by atoms with van der Waals surface area (Å²) in [6.45, 7) is 4.68. The van der Waals surface area contributed by atoms with Crippen LogP contribution in [0.1, 0.15) is 24.3 Å². The van der Waals surface area contributed by atoms with Crippen LogP contribution in [0.25, 0.3) is 5.69 Å². The van der Waals surface area contributed by atoms with Gasteiger partial charge in [0.15, 0.2) is 5.69 Å². The molecule has 0 saturated heterocycles. The second-order valence-corrected chi connectivity index (χ2v) is 6.70. The molecule has 0 radical (unpaired) electrons. The quantitative estimate of drug-likeness (QED) is 0.667. The SMILES string of the molecule is CC(C)C(CNC(=O)c1ccn(-c2cccc(F)c2)n1)Nc1ccccc1. The van der Waals surface area contributed by atoms with Crippen molar-refractivity contribution >= 4 is 11.6 Å². The van der Waals surface area contributed by atoms with Crippen LogP contribution in [0.3, 0.4) is 0 Å². The van der Waals surface area contributed by atoms with Crippen LogP contribution in [0.2, 0.25) is 0 Å². The van der Waals surface area contributed by atoms with Crippen molar-refractivity contribution in [1.29, 1.82) is 0 Å². The molecule has 1 amide bonds. The highest BCUT2D eigenvalue weighted by atomic mass is 19.1. The smallest absolute Gasteiger partial charge is 0.271 e. The fourth-order valence-corrected chi connectivity index (χ4v) is 2.70. The van der Waals surface area contributed by atoms with E-state index in [2.05, 4.69) is 29.6 Å². The molecule has 0 aliphatic heterocycles. The van der Waals surface area contributed by atoms with Crippen molar-refractivity contribution in [3.05, 3.63) is 78.4 Å². The molecule has 3 aromatic rings. The van der Waals surface area contributed by atoms with Crippen LogP contribution in [0.5, 0.6) is 0 Å². The van der Waals surface area contributed by atoms with Gasteiger partial charge in [-0.3, -0.25) is 4.79 Å². The number of para-hydroxylation sites is 1. The summed E-state index contributed by atoms with van der Waals surface area (Å²) >= 11 is 0. The number of halogens is 1. The number of aromatic nitrogens is 2. The van der Waals surface area contributed by atoms with Gasteiger partial charge >= 0.3 is 0 Å². The number of carbonyl (C=O) groups excluding carboxylic acids is 1. The van der Waals surface area contributed by atoms with E-state index in [1.54, 1.807) is 24.4 Å². The molecule has 0 spiro atoms. The summed E-state index contributed by atoms with van der Waals surface area (Å²) in [6, 6.07) is 17.7. The zero-order chi connectivity index (χ0) is 19.2. The maximum Gasteiger partial charge on any atom is 0.271 e. The molecule has 140 valence electrons. The van der Waals surface area contributed by atoms with Gasteiger partial charge in [-0.05, 0) is 42.3 Å². The van der Waals surface area contributed by atoms with Crippen molar-refractivity contribution in [2.24, 2.45) is 5.92 Å². The van der Waals surface area contributed by atoms with Gasteiger partial charge in [-0.15, -0.1) is 0 Å². The summed E-state index contributed by atoms with van der Waals surface area (Å²) in [5.74, 6) is -0.276. The molecule has 3 rings (SSSR count). The zero-order valence-electron chi connectivity index (χ0n) is 15.4. The van der Waals surface area contributed by atoms with Crippen molar-refractivity contribution in [2.75, 3.05) is 11.9 Å². The summed E-state index contributed by atoms with van der Waals surface area (Å²) in [7, 11) is 0. The monoisotopic (exact) mass is 366 g/mol. The van der Waals surface area contributed by atoms with Crippen molar-refractivity contribution in [3.63, 3.8) is 0 Å². The highest BCUT2D eigenvalue weighted by Crippen LogP contribution is 2.13. The standard InChI is InChI=1S/C21H23FN4O/c1-15(2)20(24-17-8-4-3-5-9-17)14-23-21(27)19-11-12-26(25-19)18-10-6-7-16(22)13-18/h3-13,15,20,24H,14H2,1-2H3,(H,23,27). The Hall–Kier alpha value is -3.15. The highest BCUT2D eigenvalue weighted by Gasteiger charge is 2.16. The lowest BCUT2D eigenvalue weighted by molar-refractivity contribution is 0.0945. The molecule has 0 saturated carbocycles. The predicted octanol–water partition coefficient (Wildman–Crippen LogP) is 3.88. The molecule has 27 heavy (non-hydrogen) atoms. The molecular formula is C21H23FN4O. The highest BCUT2D eigenvalue weighted by molar-refractivity contribution is 5.92. The van der Waals surface area contributed by atoms with Gasteiger partial charge in [0.1, 0.15) is 5.82 Å². The number of nitrogens with zero attached hydrogens (tertiary/aromatic N) is 2. The lowest BCUT2D eigenvalue weighted by atomic mass is 10.0. The van der Waals surface area contributed by atoms with Crippen LogP contribution >= 0.6 is 0 Å². The van der Waals surface area contributed by atoms with Gasteiger partial charge in [0.05, 0.1) is 5.69 Å². The number of carbonyl (C=O) groups is 1. The Morgan fingerprint density at radius 3 is 2.59 bits per heavy atom. The van der Waals surface area contributed by atoms with Crippen molar-refractivity contribution in [3.8, 4) is 5.69 Å². The van der Waals surface area contributed by atoms with E-state index in [0.29, 0.717) is 23.8 Å². The number of nitrogens with one attached hydrogen (secondary N) is 2. The Labute approximate surface area is 158 Å². The largest absolute Gasteiger partial charge is 0.380 e. The molecule has 2 N–H and O–H groups in total. The minimum absolute atomic E-state index is 0.0849. The number of amides is 1. The Balaban J connectivity index is 1.62. The van der Waals surface area contributed by atoms with E-state index in [9.17, 15) is 9.18 Å². The first kappa shape index (κ1) is 18.6. The van der Waals surface area contributed by atoms with Crippen molar-refractivity contribution < 1.29 is 9.18 Å². The van der Waals surface area contributed by atoms with Crippen LogP contribution in [-0.2, 0) is 0 Å². The molecule has 0 bridgehead atoms. The number of anilines is 1. The summed E-state index contributed by atoms with van der Waals surface area (Å²) in [5.41, 5.74) is 1.88. The molecule has 6 heteroatoms. The lowest BCUT2D eigenvalue weighted by Crippen LogP contribution is -2.39. The number of hydrogen-bond donors (Lipinski definition) is 2. The van der Waals surface area contributed by atoms with Crippen LogP contribution in [0.4, 0.5) is 10.1 Å². The third kappa shape index (κ3) is 4.94. The second-order valence-electron chi connectivity index (χ2n) is 6.70. The molecule has 1 atom stereocenters. The number of hydrogen-bond acceptors (Lipinski definition) is 3. The molecule has 2 aromatic carbocycles. The minimum Gasteiger partial charge on any atom is -0.380 e. The average Bonchev–Trinajstić information content (AvgIpc) is 3.16. The summed E-state index contributed by atoms with van der Waals surface area (Å²) in [5, 5.41) is 10.6. The van der Waals surface area contributed by atoms with Gasteiger partial charge in [-0.1, -0.05) is 38.1 Å². The molecule has 5 nitrogen and oxygen atoms in total. The Morgan fingerprint density at radius 2 is 1.89 bits per heavy atom. The van der Waals surface area contributed by atoms with E-state index < -0.39 is 0 Å². The van der Waals surface area contributed by atoms with Crippen LogP contribution in [-0.4, -0.2) is 28.3 Å². The van der Waals surface area contributed by atoms with E-state index >= 15 is 0 Å². The van der Waals surface area contributed by atoms with Crippen molar-refractivity contribution in [1.82, 2.24) is 15.1 Å². The van der Waals surface area contributed by atoms with Gasteiger partial charge in [-0.25, -0.2) is 9.07 Å². The van der Waals surface area contributed by atoms with Crippen molar-refractivity contribution in [2.45, 2.75) is 19.9 Å². The predicted molar refractivity (Wildman–Crippen MR) is 105 cm³/mol. The first-order valence-corrected chi connectivity index (χ1v) is 8.94. The maximum atomic E-state index is 13.4. The van der Waals surface area contributed by atoms with E-state index in [4.69, 9.17) is 0 Å². The van der Waals surface area contributed by atoms with E-state index in [1.807, 2.05) is 30.3 Å². The molecule has 0 aliphatic rings. The summed E-state index contributed by atoms with van der Waals surface area (Å²) < 4.78 is 14.8. The maximum absolute atomic E-state index is 13.4.